The van der Waals surface area contributed by atoms with Gasteiger partial charge in [0.1, 0.15) is 20.2 Å². The third-order valence-corrected chi connectivity index (χ3v) is 6.58. The molecule has 0 bridgehead atoms. The van der Waals surface area contributed by atoms with Crippen LogP contribution in [-0.4, -0.2) is 45.9 Å². The van der Waals surface area contributed by atoms with Gasteiger partial charge in [-0.25, -0.2) is 16.8 Å². The van der Waals surface area contributed by atoms with Gasteiger partial charge in [0.2, 0.25) is 0 Å². The molecule has 0 aliphatic carbocycles. The Balaban J connectivity index is 0. The maximum absolute atomic E-state index is 10.4. The van der Waals surface area contributed by atoms with Crippen LogP contribution in [-0.2, 0) is 65.0 Å². The van der Waals surface area contributed by atoms with Crippen LogP contribution in [0, 0.1) is 13.8 Å². The van der Waals surface area contributed by atoms with Crippen LogP contribution in [0.1, 0.15) is 11.1 Å². The Morgan fingerprint density at radius 2 is 0.562 bits per heavy atom. The van der Waals surface area contributed by atoms with Crippen LogP contribution in [0.25, 0.3) is 0 Å². The largest absolute Gasteiger partial charge is 1.00 e. The Bertz CT molecular complexity index is 1470. The average Bonchev–Trinajstić information content (AvgIpc) is 3.09. The van der Waals surface area contributed by atoms with Crippen LogP contribution in [0.15, 0.2) is 181 Å². The minimum Gasteiger partial charge on any atom is -0.744 e. The monoisotopic (exact) mass is 872 g/mol. The fraction of sp³-hybridized carbons (Fsp3) is 0.0588. The molecular formula is C34H34Ag2N4O6S2. The van der Waals surface area contributed by atoms with Gasteiger partial charge >= 0.3 is 44.8 Å². The van der Waals surface area contributed by atoms with Crippen LogP contribution < -0.4 is 0 Å². The minimum atomic E-state index is -4.27. The molecule has 4 aromatic heterocycles. The van der Waals surface area contributed by atoms with E-state index < -0.39 is 20.2 Å². The molecule has 6 aromatic rings. The molecule has 0 saturated carbocycles. The summed E-state index contributed by atoms with van der Waals surface area (Å²) in [5.41, 5.74) is 1.86. The summed E-state index contributed by atoms with van der Waals surface area (Å²) in [4.78, 5) is 14.8. The van der Waals surface area contributed by atoms with Gasteiger partial charge in [-0.3, -0.25) is 19.9 Å². The summed E-state index contributed by atoms with van der Waals surface area (Å²) in [6, 6.07) is 34.4. The molecule has 0 unspecified atom stereocenters. The average molecular weight is 875 g/mol. The van der Waals surface area contributed by atoms with Crippen molar-refractivity contribution >= 4 is 20.2 Å². The first-order valence-electron chi connectivity index (χ1n) is 13.4. The van der Waals surface area contributed by atoms with Gasteiger partial charge in [-0.1, -0.05) is 59.7 Å². The number of aryl methyl sites for hydroxylation is 2. The van der Waals surface area contributed by atoms with Crippen molar-refractivity contribution in [2.75, 3.05) is 0 Å². The number of pyridine rings is 4. The molecule has 0 aliphatic heterocycles. The van der Waals surface area contributed by atoms with Crippen molar-refractivity contribution < 1.29 is 70.7 Å². The normalized spacial score (nSPS) is 9.25. The van der Waals surface area contributed by atoms with Crippen LogP contribution in [0.4, 0.5) is 0 Å². The number of nitrogens with zero attached hydrogens (tertiary/aromatic N) is 4. The summed E-state index contributed by atoms with van der Waals surface area (Å²) in [6.07, 6.45) is 14.0. The van der Waals surface area contributed by atoms with Crippen molar-refractivity contribution in [3.05, 3.63) is 182 Å². The molecule has 0 saturated heterocycles. The second-order valence-electron chi connectivity index (χ2n) is 8.63. The van der Waals surface area contributed by atoms with E-state index in [4.69, 9.17) is 0 Å². The molecule has 14 heteroatoms. The summed E-state index contributed by atoms with van der Waals surface area (Å²) in [5.74, 6) is 0. The van der Waals surface area contributed by atoms with Crippen LogP contribution in [0.2, 0.25) is 0 Å². The molecule has 2 aromatic carbocycles. The molecule has 0 atom stereocenters. The third kappa shape index (κ3) is 26.4. The Morgan fingerprint density at radius 3 is 0.667 bits per heavy atom. The summed E-state index contributed by atoms with van der Waals surface area (Å²) >= 11 is 0. The standard InChI is InChI=1S/2C7H8O3S.4C5H5N.2Ag/c2*1-6-2-4-7(5-3-6)11(8,9)10;4*1-2-4-6-5-3-1;;/h2*2-5H,1H3,(H,8,9,10);4*1-5H;;/q;;;;;;2*+1/p-2. The molecule has 0 radical (unpaired) electrons. The van der Waals surface area contributed by atoms with E-state index in [1.807, 2.05) is 86.6 Å². The van der Waals surface area contributed by atoms with Gasteiger partial charge in [0.05, 0.1) is 9.79 Å². The molecule has 0 fully saturated rings. The smallest absolute Gasteiger partial charge is 0.744 e. The van der Waals surface area contributed by atoms with Crippen molar-refractivity contribution in [3.8, 4) is 0 Å². The quantitative estimate of drug-likeness (QED) is 0.146. The SMILES string of the molecule is Cc1ccc(S(=O)(=O)[O-])cc1.Cc1ccc(S(=O)(=O)[O-])cc1.[Ag+].[Ag+].c1ccncc1.c1ccncc1.c1ccncc1.c1ccncc1. The van der Waals surface area contributed by atoms with Crippen molar-refractivity contribution in [2.24, 2.45) is 0 Å². The molecule has 0 aliphatic rings. The first-order chi connectivity index (χ1) is 22.0. The fourth-order valence-corrected chi connectivity index (χ4v) is 3.60. The van der Waals surface area contributed by atoms with Crippen molar-refractivity contribution in [2.45, 2.75) is 23.6 Å². The van der Waals surface area contributed by atoms with Gasteiger partial charge < -0.3 is 9.11 Å². The summed E-state index contributed by atoms with van der Waals surface area (Å²) in [5, 5.41) is 0. The third-order valence-electron chi connectivity index (χ3n) is 4.89. The van der Waals surface area contributed by atoms with Gasteiger partial charge in [0, 0.05) is 49.6 Å². The maximum Gasteiger partial charge on any atom is 1.00 e. The molecule has 260 valence electrons. The Kier molecular flexibility index (Phi) is 27.5. The zero-order valence-corrected chi connectivity index (χ0v) is 30.4. The zero-order chi connectivity index (χ0) is 33.9. The Labute approximate surface area is 314 Å². The van der Waals surface area contributed by atoms with Gasteiger partial charge in [-0.05, 0) is 86.6 Å². The van der Waals surface area contributed by atoms with E-state index in [0.29, 0.717) is 0 Å². The number of benzene rings is 2. The van der Waals surface area contributed by atoms with E-state index >= 15 is 0 Å². The molecule has 10 nitrogen and oxygen atoms in total. The van der Waals surface area contributed by atoms with Gasteiger partial charge in [0.15, 0.2) is 0 Å². The molecule has 0 amide bonds. The van der Waals surface area contributed by atoms with Crippen molar-refractivity contribution in [1.82, 2.24) is 19.9 Å². The molecule has 0 spiro atoms. The molecule has 48 heavy (non-hydrogen) atoms. The maximum atomic E-state index is 10.4. The molecule has 6 rings (SSSR count). The van der Waals surface area contributed by atoms with Gasteiger partial charge in [-0.2, -0.15) is 0 Å². The number of rotatable bonds is 2. The topological polar surface area (TPSA) is 166 Å². The van der Waals surface area contributed by atoms with E-state index in [1.54, 1.807) is 73.8 Å². The molecule has 0 N–H and O–H groups in total. The Morgan fingerprint density at radius 1 is 0.375 bits per heavy atom. The van der Waals surface area contributed by atoms with Crippen molar-refractivity contribution in [3.63, 3.8) is 0 Å². The predicted molar refractivity (Wildman–Crippen MR) is 175 cm³/mol. The zero-order valence-electron chi connectivity index (χ0n) is 25.8. The number of hydrogen-bond acceptors (Lipinski definition) is 10. The van der Waals surface area contributed by atoms with Crippen molar-refractivity contribution in [1.29, 1.82) is 0 Å². The van der Waals surface area contributed by atoms with E-state index in [-0.39, 0.29) is 54.6 Å². The van der Waals surface area contributed by atoms with Crippen LogP contribution in [0.3, 0.4) is 0 Å². The first kappa shape index (κ1) is 46.5. The van der Waals surface area contributed by atoms with Gasteiger partial charge in [0.25, 0.3) is 0 Å². The number of hydrogen-bond donors (Lipinski definition) is 0. The molecule has 4 heterocycles. The summed E-state index contributed by atoms with van der Waals surface area (Å²) < 4.78 is 62.3. The molecular weight excluding hydrogens is 840 g/mol. The van der Waals surface area contributed by atoms with E-state index in [2.05, 4.69) is 19.9 Å². The van der Waals surface area contributed by atoms with Crippen LogP contribution >= 0.6 is 0 Å². The Hall–Kier alpha value is -3.66. The fourth-order valence-electron chi connectivity index (χ4n) is 2.66. The predicted octanol–water partition coefficient (Wildman–Crippen LogP) is 6.12. The van der Waals surface area contributed by atoms with E-state index in [0.717, 1.165) is 11.1 Å². The number of aromatic nitrogens is 4. The minimum absolute atomic E-state index is 0. The van der Waals surface area contributed by atoms with E-state index in [1.165, 1.54) is 24.3 Å². The first-order valence-corrected chi connectivity index (χ1v) is 16.3. The van der Waals surface area contributed by atoms with Gasteiger partial charge in [-0.15, -0.1) is 0 Å². The summed E-state index contributed by atoms with van der Waals surface area (Å²) in [7, 11) is -8.54. The second kappa shape index (κ2) is 28.4. The van der Waals surface area contributed by atoms with Crippen LogP contribution in [0.5, 0.6) is 0 Å². The second-order valence-corrected chi connectivity index (χ2v) is 11.4. The summed E-state index contributed by atoms with van der Waals surface area (Å²) in [6.45, 7) is 3.64. The van der Waals surface area contributed by atoms with E-state index in [9.17, 15) is 25.9 Å².